The molecule has 0 saturated carbocycles. The van der Waals surface area contributed by atoms with Gasteiger partial charge in [-0.25, -0.2) is 0 Å². The fraction of sp³-hybridized carbons (Fsp3) is 1.00. The summed E-state index contributed by atoms with van der Waals surface area (Å²) in [4.78, 5) is 0. The largest absolute Gasteiger partial charge is 0.391 e. The molecule has 0 aromatic heterocycles. The second-order valence-corrected chi connectivity index (χ2v) is 0.710. The molecule has 0 unspecified atom stereocenters. The molecule has 0 amide bonds. The summed E-state index contributed by atoms with van der Waals surface area (Å²) in [5.74, 6) is 0. The van der Waals surface area contributed by atoms with Crippen molar-refractivity contribution in [1.82, 2.24) is 0 Å². The smallest absolute Gasteiger partial charge is 0.0563 e. The van der Waals surface area contributed by atoms with Crippen molar-refractivity contribution in [2.45, 2.75) is 26.2 Å². The van der Waals surface area contributed by atoms with Crippen molar-refractivity contribution in [3.8, 4) is 0 Å². The van der Waals surface area contributed by atoms with E-state index in [1.165, 1.54) is 0 Å². The van der Waals surface area contributed by atoms with E-state index in [-0.39, 0.29) is 0 Å². The van der Waals surface area contributed by atoms with Crippen LogP contribution in [0.4, 0.5) is 0 Å². The minimum atomic E-state index is -3.69. The third-order valence-electron chi connectivity index (χ3n) is 0. The predicted octanol–water partition coefficient (Wildman–Crippen LogP) is 0.777. The van der Waals surface area contributed by atoms with Crippen molar-refractivity contribution in [2.75, 3.05) is 0 Å². The summed E-state index contributed by atoms with van der Waals surface area (Å²) in [6.45, 7) is -10.5. The maximum Gasteiger partial charge on any atom is 0.0563 e. The SMILES string of the molecule is [2H]C([2H])([2H])[13C](O)(C([2H])([2H])[2H])C([2H])([2H])[2H]. The van der Waals surface area contributed by atoms with Gasteiger partial charge in [0.2, 0.25) is 0 Å². The van der Waals surface area contributed by atoms with Crippen molar-refractivity contribution in [3.63, 3.8) is 0 Å². The van der Waals surface area contributed by atoms with Gasteiger partial charge in [0.15, 0.2) is 0 Å². The van der Waals surface area contributed by atoms with Gasteiger partial charge >= 0.3 is 0 Å². The monoisotopic (exact) mass is 84.1 g/mol. The Morgan fingerprint density at radius 2 is 2.00 bits per heavy atom. The van der Waals surface area contributed by atoms with Crippen molar-refractivity contribution >= 4 is 0 Å². The number of hydrogen-bond donors (Lipinski definition) is 1. The van der Waals surface area contributed by atoms with Gasteiger partial charge in [-0.05, 0) is 20.6 Å². The molecule has 0 aliphatic heterocycles. The highest BCUT2D eigenvalue weighted by Gasteiger charge is 1.97. The standard InChI is InChI=1S/C4H10O/c1-4(2,3)5/h5H,1-3H3/i1D3,2D3,3D3,4+1. The van der Waals surface area contributed by atoms with Crippen LogP contribution >= 0.6 is 0 Å². The molecule has 0 radical (unpaired) electrons. The Kier molecular flexibility index (Phi) is 0.0905. The number of rotatable bonds is 0. The van der Waals surface area contributed by atoms with Gasteiger partial charge < -0.3 is 5.11 Å². The van der Waals surface area contributed by atoms with Gasteiger partial charge in [0, 0.05) is 12.3 Å². The molecule has 0 aliphatic carbocycles. The van der Waals surface area contributed by atoms with Gasteiger partial charge in [-0.2, -0.15) is 0 Å². The highest BCUT2D eigenvalue weighted by Crippen LogP contribution is 1.93. The van der Waals surface area contributed by atoms with Crippen LogP contribution in [0.25, 0.3) is 0 Å². The molecule has 0 aliphatic rings. The third kappa shape index (κ3) is 9510. The molecule has 0 aromatic rings. The van der Waals surface area contributed by atoms with Crippen LogP contribution in [0.5, 0.6) is 0 Å². The highest BCUT2D eigenvalue weighted by atomic mass is 16.4. The molecule has 0 atom stereocenters. The second-order valence-electron chi connectivity index (χ2n) is 0.710. The lowest BCUT2D eigenvalue weighted by molar-refractivity contribution is 0.102. The molecule has 1 N–H and O–H groups in total. The molecular weight excluding hydrogens is 65.0 g/mol. The van der Waals surface area contributed by atoms with E-state index < -0.39 is 26.2 Å². The molecule has 0 aromatic carbocycles. The maximum atomic E-state index is 9.33. The molecule has 1 heteroatoms. The molecule has 0 heterocycles. The minimum absolute atomic E-state index is 3.50. The van der Waals surface area contributed by atoms with E-state index in [4.69, 9.17) is 12.3 Å². The molecule has 0 rings (SSSR count). The number of aliphatic hydroxyl groups is 1. The molecule has 32 valence electrons. The molecule has 0 saturated heterocycles. The Bertz CT molecular complexity index is 170. The van der Waals surface area contributed by atoms with Gasteiger partial charge in [-0.1, -0.05) is 0 Å². The summed E-state index contributed by atoms with van der Waals surface area (Å²) >= 11 is 0. The Balaban J connectivity index is 5.54. The fourth-order valence-corrected chi connectivity index (χ4v) is 0. The summed E-state index contributed by atoms with van der Waals surface area (Å²) in [6.07, 6.45) is 0. The lowest BCUT2D eigenvalue weighted by Crippen LogP contribution is -2.10. The molecule has 0 spiro atoms. The van der Waals surface area contributed by atoms with E-state index in [9.17, 15) is 5.11 Å². The van der Waals surface area contributed by atoms with Crippen molar-refractivity contribution in [3.05, 3.63) is 0 Å². The van der Waals surface area contributed by atoms with E-state index >= 15 is 0 Å². The zero-order chi connectivity index (χ0) is 12.0. The average Bonchev–Trinajstić information content (AvgIpc) is 1.77. The van der Waals surface area contributed by atoms with Gasteiger partial charge in [0.05, 0.1) is 5.60 Å². The molecular formula is C4H10O. The summed E-state index contributed by atoms with van der Waals surface area (Å²) in [7, 11) is 0. The van der Waals surface area contributed by atoms with Crippen LogP contribution in [0.2, 0.25) is 0 Å². The third-order valence-corrected chi connectivity index (χ3v) is 0. The van der Waals surface area contributed by atoms with Crippen LogP contribution in [-0.4, -0.2) is 10.7 Å². The van der Waals surface area contributed by atoms with Gasteiger partial charge in [0.1, 0.15) is 0 Å². The lowest BCUT2D eigenvalue weighted by Gasteiger charge is -2.04. The van der Waals surface area contributed by atoms with Crippen LogP contribution in [-0.2, 0) is 0 Å². The first kappa shape index (κ1) is 0.463. The average molecular weight is 84.2 g/mol. The molecule has 1 nitrogen and oxygen atoms in total. The summed E-state index contributed by atoms with van der Waals surface area (Å²) in [6, 6.07) is 0. The highest BCUT2D eigenvalue weighted by molar-refractivity contribution is 4.50. The van der Waals surface area contributed by atoms with E-state index in [2.05, 4.69) is 0 Å². The Morgan fingerprint density at radius 1 is 1.60 bits per heavy atom. The van der Waals surface area contributed by atoms with Gasteiger partial charge in [-0.15, -0.1) is 0 Å². The first-order valence-electron chi connectivity index (χ1n) is 5.47. The first-order valence-corrected chi connectivity index (χ1v) is 0.974. The van der Waals surface area contributed by atoms with Crippen LogP contribution < -0.4 is 0 Å². The maximum absolute atomic E-state index is 9.33. The normalized spacial score (nSPS) is 46.2. The Hall–Kier alpha value is -0.0400. The summed E-state index contributed by atoms with van der Waals surface area (Å²) in [5, 5.41) is 9.33. The second kappa shape index (κ2) is 0.977. The zero-order valence-electron chi connectivity index (χ0n) is 11.4. The van der Waals surface area contributed by atoms with Crippen molar-refractivity contribution < 1.29 is 17.4 Å². The molecule has 0 bridgehead atoms. The lowest BCUT2D eigenvalue weighted by atomic mass is 10.6. The summed E-state index contributed by atoms with van der Waals surface area (Å²) in [5.41, 5.74) is -3.69. The summed E-state index contributed by atoms with van der Waals surface area (Å²) < 4.78 is 60.8. The fourth-order valence-electron chi connectivity index (χ4n) is 0. The van der Waals surface area contributed by atoms with Crippen LogP contribution in [0.15, 0.2) is 0 Å². The zero-order valence-corrected chi connectivity index (χ0v) is 2.45. The molecule has 0 fully saturated rings. The predicted molar refractivity (Wildman–Crippen MR) is 22.0 cm³/mol. The number of hydrogen-bond acceptors (Lipinski definition) is 1. The minimum Gasteiger partial charge on any atom is -0.391 e. The van der Waals surface area contributed by atoms with Gasteiger partial charge in [-0.3, -0.25) is 0 Å². The van der Waals surface area contributed by atoms with Gasteiger partial charge in [0.25, 0.3) is 0 Å². The topological polar surface area (TPSA) is 20.2 Å². The van der Waals surface area contributed by atoms with E-state index in [1.54, 1.807) is 0 Å². The Morgan fingerprint density at radius 3 is 2.00 bits per heavy atom. The quantitative estimate of drug-likeness (QED) is 0.430. The van der Waals surface area contributed by atoms with Crippen molar-refractivity contribution in [1.29, 1.82) is 0 Å². The van der Waals surface area contributed by atoms with Crippen molar-refractivity contribution in [2.24, 2.45) is 0 Å². The van der Waals surface area contributed by atoms with E-state index in [1.807, 2.05) is 0 Å². The molecule has 5 heavy (non-hydrogen) atoms. The van der Waals surface area contributed by atoms with E-state index in [0.29, 0.717) is 0 Å². The first-order chi connectivity index (χ1) is 5.75. The van der Waals surface area contributed by atoms with Crippen LogP contribution in [0.3, 0.4) is 0 Å². The van der Waals surface area contributed by atoms with E-state index in [0.717, 1.165) is 0 Å². The Labute approximate surface area is 45.3 Å². The van der Waals surface area contributed by atoms with Crippen LogP contribution in [0.1, 0.15) is 32.9 Å². The van der Waals surface area contributed by atoms with Crippen LogP contribution in [0, 0.1) is 0 Å².